The first-order valence-electron chi connectivity index (χ1n) is 10.5. The van der Waals surface area contributed by atoms with E-state index in [4.69, 9.17) is 9.47 Å². The summed E-state index contributed by atoms with van der Waals surface area (Å²) in [4.78, 5) is 12.9. The molecule has 10 nitrogen and oxygen atoms in total. The summed E-state index contributed by atoms with van der Waals surface area (Å²) in [6, 6.07) is 5.81. The van der Waals surface area contributed by atoms with Crippen LogP contribution in [0.1, 0.15) is 25.5 Å². The molecule has 170 valence electrons. The van der Waals surface area contributed by atoms with E-state index in [0.29, 0.717) is 17.0 Å². The molecule has 2 fully saturated rings. The van der Waals surface area contributed by atoms with Crippen molar-refractivity contribution in [3.8, 4) is 5.75 Å². The van der Waals surface area contributed by atoms with Crippen molar-refractivity contribution < 1.29 is 29.2 Å². The number of fused-ring (bicyclic) bond motifs is 1. The second-order valence-electron chi connectivity index (χ2n) is 8.08. The number of anilines is 1. The van der Waals surface area contributed by atoms with E-state index in [1.807, 2.05) is 0 Å². The first kappa shape index (κ1) is 21.0. The number of hydrogen-bond donors (Lipinski definition) is 4. The van der Waals surface area contributed by atoms with Crippen molar-refractivity contribution in [2.75, 3.05) is 11.9 Å². The average Bonchev–Trinajstić information content (AvgIpc) is 3.47. The number of halogens is 1. The maximum absolute atomic E-state index is 13.8. The second kappa shape index (κ2) is 8.58. The first-order chi connectivity index (χ1) is 15.5. The van der Waals surface area contributed by atoms with Crippen LogP contribution in [0.2, 0.25) is 0 Å². The highest BCUT2D eigenvalue weighted by Gasteiger charge is 2.45. The molecule has 5 rings (SSSR count). The van der Waals surface area contributed by atoms with E-state index in [-0.39, 0.29) is 18.4 Å². The molecular weight excluding hydrogens is 421 g/mol. The summed E-state index contributed by atoms with van der Waals surface area (Å²) < 4.78 is 26.6. The van der Waals surface area contributed by atoms with Gasteiger partial charge in [-0.2, -0.15) is 0 Å². The number of imidazole rings is 1. The zero-order valence-corrected chi connectivity index (χ0v) is 17.1. The number of benzene rings is 1. The van der Waals surface area contributed by atoms with Crippen molar-refractivity contribution in [3.63, 3.8) is 0 Å². The summed E-state index contributed by atoms with van der Waals surface area (Å²) in [5, 5.41) is 34.4. The van der Waals surface area contributed by atoms with Crippen molar-refractivity contribution in [1.82, 2.24) is 19.5 Å². The number of aliphatic hydroxyl groups excluding tert-OH is 3. The highest BCUT2D eigenvalue weighted by atomic mass is 19.1. The number of ether oxygens (including phenoxy) is 2. The molecule has 0 radical (unpaired) electrons. The first-order valence-corrected chi connectivity index (χ1v) is 10.5. The Labute approximate surface area is 182 Å². The van der Waals surface area contributed by atoms with E-state index in [9.17, 15) is 19.7 Å². The predicted octanol–water partition coefficient (Wildman–Crippen LogP) is 0.989. The number of nitrogens with one attached hydrogen (secondary N) is 1. The van der Waals surface area contributed by atoms with E-state index in [1.165, 1.54) is 29.4 Å². The smallest absolute Gasteiger partial charge is 0.167 e. The average molecular weight is 445 g/mol. The van der Waals surface area contributed by atoms with Crippen LogP contribution in [0, 0.1) is 5.82 Å². The molecule has 1 aromatic carbocycles. The Balaban J connectivity index is 1.34. The van der Waals surface area contributed by atoms with Crippen LogP contribution in [0.25, 0.3) is 11.2 Å². The summed E-state index contributed by atoms with van der Waals surface area (Å²) in [5.41, 5.74) is 0.866. The second-order valence-corrected chi connectivity index (χ2v) is 8.08. The molecule has 2 aliphatic rings. The maximum Gasteiger partial charge on any atom is 0.167 e. The minimum absolute atomic E-state index is 0.0341. The van der Waals surface area contributed by atoms with Gasteiger partial charge < -0.3 is 30.1 Å². The highest BCUT2D eigenvalue weighted by molar-refractivity contribution is 5.82. The van der Waals surface area contributed by atoms with Gasteiger partial charge in [0.05, 0.1) is 18.5 Å². The fourth-order valence-corrected chi connectivity index (χ4v) is 4.26. The summed E-state index contributed by atoms with van der Waals surface area (Å²) in [6.45, 7) is -0.149. The van der Waals surface area contributed by atoms with Crippen molar-refractivity contribution >= 4 is 17.0 Å². The quantitative estimate of drug-likeness (QED) is 0.438. The Kier molecular flexibility index (Phi) is 5.64. The van der Waals surface area contributed by atoms with E-state index in [2.05, 4.69) is 20.3 Å². The van der Waals surface area contributed by atoms with Crippen LogP contribution in [0.4, 0.5) is 10.2 Å². The molecule has 32 heavy (non-hydrogen) atoms. The third-order valence-electron chi connectivity index (χ3n) is 6.01. The molecule has 3 heterocycles. The van der Waals surface area contributed by atoms with Gasteiger partial charge in [0.2, 0.25) is 0 Å². The Bertz CT molecular complexity index is 1100. The van der Waals surface area contributed by atoms with Crippen LogP contribution in [0.5, 0.6) is 5.75 Å². The lowest BCUT2D eigenvalue weighted by Crippen LogP contribution is -2.34. The third-order valence-corrected chi connectivity index (χ3v) is 6.01. The van der Waals surface area contributed by atoms with Gasteiger partial charge in [0.1, 0.15) is 31.2 Å². The van der Waals surface area contributed by atoms with Gasteiger partial charge in [-0.15, -0.1) is 0 Å². The van der Waals surface area contributed by atoms with Gasteiger partial charge in [-0.3, -0.25) is 4.57 Å². The monoisotopic (exact) mass is 445 g/mol. The summed E-state index contributed by atoms with van der Waals surface area (Å²) in [7, 11) is 0. The van der Waals surface area contributed by atoms with Crippen molar-refractivity contribution in [2.45, 2.75) is 55.9 Å². The van der Waals surface area contributed by atoms with Crippen molar-refractivity contribution in [1.29, 1.82) is 0 Å². The number of aromatic nitrogens is 4. The number of para-hydroxylation sites is 1. The van der Waals surface area contributed by atoms with Crippen LogP contribution in [-0.4, -0.2) is 71.9 Å². The van der Waals surface area contributed by atoms with E-state index in [1.54, 1.807) is 12.1 Å². The number of hydrogen-bond acceptors (Lipinski definition) is 9. The summed E-state index contributed by atoms with van der Waals surface area (Å²) >= 11 is 0. The molecule has 0 bridgehead atoms. The molecule has 1 saturated carbocycles. The molecule has 0 spiro atoms. The molecule has 0 amide bonds. The Morgan fingerprint density at radius 1 is 1.12 bits per heavy atom. The standard InChI is InChI=1S/C21H24FN5O5/c22-11-4-1-2-7-14(11)31-8-15-17(29)18(30)21(32-15)27-10-25-16-19(23-9-24-20(16)27)26-12-5-3-6-13(12)28/h1-2,4,7,9-10,12-13,15,17-18,21,28-30H,3,5-6,8H2,(H,23,24,26)/t12?,13?,15-,17+,18+,21-/m1/s1. The summed E-state index contributed by atoms with van der Waals surface area (Å²) in [5.74, 6) is -0.0131. The molecule has 2 aromatic heterocycles. The minimum Gasteiger partial charge on any atom is -0.488 e. The molecule has 1 aliphatic heterocycles. The van der Waals surface area contributed by atoms with Crippen molar-refractivity contribution in [3.05, 3.63) is 42.7 Å². The van der Waals surface area contributed by atoms with Gasteiger partial charge in [0.25, 0.3) is 0 Å². The normalized spacial score (nSPS) is 30.1. The molecule has 1 aliphatic carbocycles. The lowest BCUT2D eigenvalue weighted by Gasteiger charge is -2.18. The van der Waals surface area contributed by atoms with Crippen LogP contribution < -0.4 is 10.1 Å². The molecule has 2 unspecified atom stereocenters. The van der Waals surface area contributed by atoms with Gasteiger partial charge >= 0.3 is 0 Å². The largest absolute Gasteiger partial charge is 0.488 e. The molecule has 11 heteroatoms. The van der Waals surface area contributed by atoms with E-state index in [0.717, 1.165) is 19.3 Å². The zero-order chi connectivity index (χ0) is 22.2. The number of rotatable bonds is 6. The Morgan fingerprint density at radius 2 is 1.97 bits per heavy atom. The Hall–Kier alpha value is -2.86. The van der Waals surface area contributed by atoms with E-state index < -0.39 is 36.5 Å². The van der Waals surface area contributed by atoms with E-state index >= 15 is 0 Å². The molecule has 3 aromatic rings. The number of nitrogens with zero attached hydrogens (tertiary/aromatic N) is 4. The van der Waals surface area contributed by atoms with Gasteiger partial charge in [-0.25, -0.2) is 19.3 Å². The van der Waals surface area contributed by atoms with Gasteiger partial charge in [0, 0.05) is 0 Å². The van der Waals surface area contributed by atoms with Crippen LogP contribution in [0.3, 0.4) is 0 Å². The minimum atomic E-state index is -1.27. The summed E-state index contributed by atoms with van der Waals surface area (Å²) in [6.07, 6.45) is 0.470. The topological polar surface area (TPSA) is 135 Å². The molecule has 6 atom stereocenters. The fourth-order valence-electron chi connectivity index (χ4n) is 4.26. The molecular formula is C21H24FN5O5. The maximum atomic E-state index is 13.8. The van der Waals surface area contributed by atoms with Gasteiger partial charge in [0.15, 0.2) is 34.8 Å². The lowest BCUT2D eigenvalue weighted by atomic mass is 10.1. The van der Waals surface area contributed by atoms with Crippen LogP contribution in [-0.2, 0) is 4.74 Å². The lowest BCUT2D eigenvalue weighted by molar-refractivity contribution is -0.0477. The SMILES string of the molecule is OC1CCCC1Nc1ncnc2c1ncn2[C@@H]1O[C@H](COc2ccccc2F)[C@H](O)[C@@H]1O. The fraction of sp³-hybridized carbons (Fsp3) is 0.476. The third kappa shape index (κ3) is 3.77. The highest BCUT2D eigenvalue weighted by Crippen LogP contribution is 2.33. The van der Waals surface area contributed by atoms with Crippen molar-refractivity contribution in [2.24, 2.45) is 0 Å². The van der Waals surface area contributed by atoms with Crippen LogP contribution in [0.15, 0.2) is 36.9 Å². The van der Waals surface area contributed by atoms with Gasteiger partial charge in [-0.1, -0.05) is 12.1 Å². The molecule has 1 saturated heterocycles. The van der Waals surface area contributed by atoms with Crippen LogP contribution >= 0.6 is 0 Å². The zero-order valence-electron chi connectivity index (χ0n) is 17.1. The van der Waals surface area contributed by atoms with Gasteiger partial charge in [-0.05, 0) is 31.4 Å². The molecule has 4 N–H and O–H groups in total. The number of aliphatic hydroxyl groups is 3. The Morgan fingerprint density at radius 3 is 2.75 bits per heavy atom. The predicted molar refractivity (Wildman–Crippen MR) is 110 cm³/mol.